The molecule has 0 bridgehead atoms. The van der Waals surface area contributed by atoms with Gasteiger partial charge < -0.3 is 20.0 Å². The van der Waals surface area contributed by atoms with Crippen LogP contribution in [0.15, 0.2) is 35.5 Å². The van der Waals surface area contributed by atoms with Crippen LogP contribution in [0.5, 0.6) is 0 Å². The van der Waals surface area contributed by atoms with Gasteiger partial charge in [0.25, 0.3) is 5.91 Å². The van der Waals surface area contributed by atoms with Crippen molar-refractivity contribution in [2.75, 3.05) is 59.6 Å². The molecule has 9 nitrogen and oxygen atoms in total. The second-order valence-electron chi connectivity index (χ2n) is 11.7. The summed E-state index contributed by atoms with van der Waals surface area (Å²) in [6, 6.07) is 5.77. The van der Waals surface area contributed by atoms with E-state index in [2.05, 4.69) is 10.2 Å². The van der Waals surface area contributed by atoms with Gasteiger partial charge in [0.05, 0.1) is 11.8 Å². The van der Waals surface area contributed by atoms with E-state index in [1.807, 2.05) is 9.80 Å². The molecule has 42 heavy (non-hydrogen) atoms. The van der Waals surface area contributed by atoms with E-state index >= 15 is 0 Å². The molecule has 3 heterocycles. The van der Waals surface area contributed by atoms with Gasteiger partial charge in [0.2, 0.25) is 10.0 Å². The number of alkyl halides is 3. The third-order valence-corrected chi connectivity index (χ3v) is 10.5. The summed E-state index contributed by atoms with van der Waals surface area (Å²) in [4.78, 5) is 19.6. The van der Waals surface area contributed by atoms with Gasteiger partial charge in [-0.2, -0.15) is 13.2 Å². The van der Waals surface area contributed by atoms with E-state index in [4.69, 9.17) is 5.41 Å². The number of hydrogen-bond acceptors (Lipinski definition) is 6. The Bertz CT molecular complexity index is 1290. The van der Waals surface area contributed by atoms with Crippen molar-refractivity contribution >= 4 is 21.8 Å². The maximum atomic E-state index is 13.5. The molecule has 1 unspecified atom stereocenters. The van der Waals surface area contributed by atoms with Crippen molar-refractivity contribution < 1.29 is 26.4 Å². The van der Waals surface area contributed by atoms with Gasteiger partial charge in [-0.3, -0.25) is 10.2 Å². The number of piperidine rings is 2. The molecule has 0 aliphatic carbocycles. The first-order chi connectivity index (χ1) is 19.7. The normalized spacial score (nSPS) is 22.4. The van der Waals surface area contributed by atoms with Crippen molar-refractivity contribution in [3.8, 4) is 0 Å². The number of hydrogen-bond donors (Lipinski definition) is 2. The number of halogens is 3. The number of amides is 1. The van der Waals surface area contributed by atoms with Crippen molar-refractivity contribution in [2.24, 2.45) is 0 Å². The van der Waals surface area contributed by atoms with E-state index in [0.717, 1.165) is 44.8 Å². The Morgan fingerprint density at radius 3 is 2.21 bits per heavy atom. The van der Waals surface area contributed by atoms with Crippen molar-refractivity contribution in [2.45, 2.75) is 63.2 Å². The minimum atomic E-state index is -4.40. The number of carbonyl (C=O) groups excluding carboxylic acids is 1. The topological polar surface area (TPSA) is 100 Å². The van der Waals surface area contributed by atoms with Gasteiger partial charge in [0.15, 0.2) is 0 Å². The van der Waals surface area contributed by atoms with E-state index in [1.165, 1.54) is 22.7 Å². The Morgan fingerprint density at radius 1 is 1.02 bits per heavy atom. The molecular weight excluding hydrogens is 569 g/mol. The fraction of sp³-hybridized carbons (Fsp3) is 0.655. The molecule has 0 aromatic heterocycles. The number of amidine groups is 1. The zero-order valence-electron chi connectivity index (χ0n) is 24.9. The Morgan fingerprint density at radius 2 is 1.64 bits per heavy atom. The number of likely N-dealkylation sites (N-methyl/N-ethyl adjacent to an activating group) is 1. The first kappa shape index (κ1) is 32.3. The first-order valence-electron chi connectivity index (χ1n) is 14.6. The highest BCUT2D eigenvalue weighted by atomic mass is 32.2. The lowest BCUT2D eigenvalue weighted by atomic mass is 9.96. The summed E-state index contributed by atoms with van der Waals surface area (Å²) in [6.45, 7) is 5.56. The third-order valence-electron chi connectivity index (χ3n) is 9.19. The van der Waals surface area contributed by atoms with Crippen LogP contribution in [0.2, 0.25) is 0 Å². The Kier molecular flexibility index (Phi) is 9.93. The lowest BCUT2D eigenvalue weighted by Crippen LogP contribution is -2.52. The van der Waals surface area contributed by atoms with Crippen LogP contribution >= 0.6 is 0 Å². The van der Waals surface area contributed by atoms with Crippen LogP contribution in [0.4, 0.5) is 13.2 Å². The van der Waals surface area contributed by atoms with Gasteiger partial charge >= 0.3 is 6.18 Å². The monoisotopic (exact) mass is 612 g/mol. The fourth-order valence-corrected chi connectivity index (χ4v) is 7.24. The van der Waals surface area contributed by atoms with Crippen LogP contribution in [0.25, 0.3) is 0 Å². The maximum Gasteiger partial charge on any atom is 0.416 e. The van der Waals surface area contributed by atoms with E-state index in [-0.39, 0.29) is 23.7 Å². The molecule has 2 N–H and O–H groups in total. The lowest BCUT2D eigenvalue weighted by Gasteiger charge is -2.43. The van der Waals surface area contributed by atoms with E-state index in [0.29, 0.717) is 55.5 Å². The van der Waals surface area contributed by atoms with Crippen LogP contribution in [-0.4, -0.2) is 111 Å². The SMILES string of the molecule is CN/C(C(=O)N1CCC(N2CCC(N(C)S(C)(=O)=O)CC2)CC1)=C(/C)C(=N)N1CCC(c2cccc(C(F)(F)F)c2)C1. The quantitative estimate of drug-likeness (QED) is 0.279. The van der Waals surface area contributed by atoms with Crippen LogP contribution < -0.4 is 5.32 Å². The van der Waals surface area contributed by atoms with Crippen LogP contribution in [0.1, 0.15) is 56.1 Å². The largest absolute Gasteiger partial charge is 0.416 e. The zero-order chi connectivity index (χ0) is 30.8. The van der Waals surface area contributed by atoms with E-state index in [9.17, 15) is 26.4 Å². The molecule has 234 valence electrons. The zero-order valence-corrected chi connectivity index (χ0v) is 25.7. The fourth-order valence-electron chi connectivity index (χ4n) is 6.49. The predicted molar refractivity (Wildman–Crippen MR) is 157 cm³/mol. The molecular formula is C29H43F3N6O3S. The van der Waals surface area contributed by atoms with Gasteiger partial charge in [0, 0.05) is 63.8 Å². The molecule has 4 rings (SSSR count). The second-order valence-corrected chi connectivity index (χ2v) is 13.8. The average Bonchev–Trinajstić information content (AvgIpc) is 3.46. The number of rotatable bonds is 7. The molecule has 13 heteroatoms. The molecule has 0 radical (unpaired) electrons. The molecule has 3 aliphatic heterocycles. The summed E-state index contributed by atoms with van der Waals surface area (Å²) in [5, 5.41) is 11.8. The third kappa shape index (κ3) is 7.28. The Labute approximate surface area is 247 Å². The van der Waals surface area contributed by atoms with Crippen LogP contribution in [0, 0.1) is 5.41 Å². The van der Waals surface area contributed by atoms with Crippen molar-refractivity contribution in [1.29, 1.82) is 5.41 Å². The van der Waals surface area contributed by atoms with E-state index < -0.39 is 21.8 Å². The Hall–Kier alpha value is -2.64. The van der Waals surface area contributed by atoms with Gasteiger partial charge in [-0.05, 0) is 63.7 Å². The van der Waals surface area contributed by atoms with E-state index in [1.54, 1.807) is 27.1 Å². The van der Waals surface area contributed by atoms with Crippen molar-refractivity contribution in [1.82, 2.24) is 24.3 Å². The summed E-state index contributed by atoms with van der Waals surface area (Å²) in [7, 11) is 0.108. The number of likely N-dealkylation sites (tertiary alicyclic amines) is 3. The molecule has 1 amide bonds. The number of nitrogens with zero attached hydrogens (tertiary/aromatic N) is 4. The number of nitrogens with one attached hydrogen (secondary N) is 2. The Balaban J connectivity index is 1.32. The second kappa shape index (κ2) is 12.9. The van der Waals surface area contributed by atoms with Gasteiger partial charge in [-0.15, -0.1) is 0 Å². The molecule has 0 saturated carbocycles. The van der Waals surface area contributed by atoms with Crippen LogP contribution in [-0.2, 0) is 21.0 Å². The summed E-state index contributed by atoms with van der Waals surface area (Å²) < 4.78 is 64.9. The molecule has 0 spiro atoms. The summed E-state index contributed by atoms with van der Waals surface area (Å²) >= 11 is 0. The standard InChI is InChI=1S/C29H43F3N6O3S/c1-20(27(33)38-13-8-22(19-38)21-6-5-7-23(18-21)29(30,31)32)26(34-2)28(39)37-16-11-25(12-17-37)36-14-9-24(10-15-36)35(3)42(4,40)41/h5-7,18,22,24-25,33-34H,8-17,19H2,1-4H3/b26-20-,33-27?. The van der Waals surface area contributed by atoms with Crippen LogP contribution in [0.3, 0.4) is 0 Å². The average molecular weight is 613 g/mol. The minimum Gasteiger partial charge on any atom is -0.383 e. The van der Waals surface area contributed by atoms with Gasteiger partial charge in [-0.1, -0.05) is 18.2 Å². The maximum absolute atomic E-state index is 13.5. The lowest BCUT2D eigenvalue weighted by molar-refractivity contribution is -0.137. The molecule has 3 aliphatic rings. The number of sulfonamides is 1. The predicted octanol–water partition coefficient (Wildman–Crippen LogP) is 3.31. The number of benzene rings is 1. The highest BCUT2D eigenvalue weighted by molar-refractivity contribution is 7.88. The highest BCUT2D eigenvalue weighted by Gasteiger charge is 2.35. The minimum absolute atomic E-state index is 0.0236. The smallest absolute Gasteiger partial charge is 0.383 e. The van der Waals surface area contributed by atoms with Crippen molar-refractivity contribution in [3.05, 3.63) is 46.7 Å². The molecule has 3 saturated heterocycles. The van der Waals surface area contributed by atoms with Gasteiger partial charge in [-0.25, -0.2) is 12.7 Å². The highest BCUT2D eigenvalue weighted by Crippen LogP contribution is 2.34. The summed E-state index contributed by atoms with van der Waals surface area (Å²) in [5.41, 5.74) is 0.832. The summed E-state index contributed by atoms with van der Waals surface area (Å²) in [6.07, 6.45) is 0.725. The number of carbonyl (C=O) groups is 1. The molecule has 1 atom stereocenters. The molecule has 1 aromatic rings. The first-order valence-corrected chi connectivity index (χ1v) is 16.4. The van der Waals surface area contributed by atoms with Gasteiger partial charge in [0.1, 0.15) is 11.5 Å². The molecule has 3 fully saturated rings. The molecule has 1 aromatic carbocycles. The van der Waals surface area contributed by atoms with Crippen molar-refractivity contribution in [3.63, 3.8) is 0 Å². The summed E-state index contributed by atoms with van der Waals surface area (Å²) in [5.74, 6) is -0.0654.